The predicted molar refractivity (Wildman–Crippen MR) is 74.6 cm³/mol. The average Bonchev–Trinajstić information content (AvgIpc) is 2.88. The Morgan fingerprint density at radius 1 is 1.42 bits per heavy atom. The fourth-order valence-corrected chi connectivity index (χ4v) is 2.38. The van der Waals surface area contributed by atoms with Gasteiger partial charge in [-0.15, -0.1) is 0 Å². The maximum atomic E-state index is 12.1. The Morgan fingerprint density at radius 3 is 2.84 bits per heavy atom. The Bertz CT molecular complexity index is 426. The van der Waals surface area contributed by atoms with Gasteiger partial charge < -0.3 is 10.1 Å². The van der Waals surface area contributed by atoms with E-state index in [0.717, 1.165) is 0 Å². The number of aromatic nitrogens is 1. The van der Waals surface area contributed by atoms with Crippen LogP contribution in [0.25, 0.3) is 0 Å². The number of hydrogen-bond donors (Lipinski definition) is 1. The first kappa shape index (κ1) is 14.0. The van der Waals surface area contributed by atoms with Gasteiger partial charge in [0.2, 0.25) is 0 Å². The van der Waals surface area contributed by atoms with Crippen LogP contribution in [-0.2, 0) is 0 Å². The van der Waals surface area contributed by atoms with E-state index in [9.17, 15) is 4.79 Å². The fraction of sp³-hybridized carbons (Fsp3) is 0.600. The monoisotopic (exact) mass is 262 g/mol. The van der Waals surface area contributed by atoms with E-state index in [4.69, 9.17) is 4.74 Å². The van der Waals surface area contributed by atoms with Crippen molar-refractivity contribution in [3.05, 3.63) is 24.0 Å². The van der Waals surface area contributed by atoms with Gasteiger partial charge in [0.1, 0.15) is 5.75 Å². The van der Waals surface area contributed by atoms with Crippen molar-refractivity contribution >= 4 is 5.78 Å². The molecule has 0 amide bonds. The molecule has 1 saturated carbocycles. The minimum Gasteiger partial charge on any atom is -0.489 e. The second-order valence-corrected chi connectivity index (χ2v) is 5.36. The van der Waals surface area contributed by atoms with Gasteiger partial charge in [0.05, 0.1) is 18.8 Å². The van der Waals surface area contributed by atoms with Crippen molar-refractivity contribution in [3.63, 3.8) is 0 Å². The molecule has 4 nitrogen and oxygen atoms in total. The van der Waals surface area contributed by atoms with E-state index in [1.54, 1.807) is 18.5 Å². The first-order valence-electron chi connectivity index (χ1n) is 7.03. The first-order chi connectivity index (χ1) is 9.15. The average molecular weight is 262 g/mol. The summed E-state index contributed by atoms with van der Waals surface area (Å²) in [6.45, 7) is 4.30. The molecule has 1 fully saturated rings. The summed E-state index contributed by atoms with van der Waals surface area (Å²) in [6, 6.07) is 2.28. The van der Waals surface area contributed by atoms with Crippen LogP contribution in [0.3, 0.4) is 0 Å². The highest BCUT2D eigenvalue weighted by Gasteiger charge is 2.16. The summed E-state index contributed by atoms with van der Waals surface area (Å²) < 4.78 is 5.55. The summed E-state index contributed by atoms with van der Waals surface area (Å²) in [7, 11) is 0. The molecule has 0 bridgehead atoms. The van der Waals surface area contributed by atoms with Crippen LogP contribution in [0.5, 0.6) is 5.75 Å². The quantitative estimate of drug-likeness (QED) is 0.801. The van der Waals surface area contributed by atoms with E-state index in [1.165, 1.54) is 25.7 Å². The number of carbonyl (C=O) groups is 1. The largest absolute Gasteiger partial charge is 0.489 e. The summed E-state index contributed by atoms with van der Waals surface area (Å²) >= 11 is 0. The molecule has 0 unspecified atom stereocenters. The lowest BCUT2D eigenvalue weighted by molar-refractivity contribution is 0.0986. The summed E-state index contributed by atoms with van der Waals surface area (Å²) in [4.78, 5) is 16.1. The van der Waals surface area contributed by atoms with Gasteiger partial charge in [0.25, 0.3) is 0 Å². The van der Waals surface area contributed by atoms with Gasteiger partial charge >= 0.3 is 0 Å². The lowest BCUT2D eigenvalue weighted by Crippen LogP contribution is -2.31. The topological polar surface area (TPSA) is 51.2 Å². The lowest BCUT2D eigenvalue weighted by atomic mass is 10.1. The first-order valence-corrected chi connectivity index (χ1v) is 7.03. The molecule has 1 N–H and O–H groups in total. The predicted octanol–water partition coefficient (Wildman–Crippen LogP) is 2.58. The molecule has 1 aromatic heterocycles. The van der Waals surface area contributed by atoms with Crippen LogP contribution in [0.2, 0.25) is 0 Å². The zero-order chi connectivity index (χ0) is 13.7. The molecule has 104 valence electrons. The zero-order valence-electron chi connectivity index (χ0n) is 11.7. The molecule has 4 heteroatoms. The molecule has 0 aliphatic heterocycles. The second-order valence-electron chi connectivity index (χ2n) is 5.36. The zero-order valence-corrected chi connectivity index (χ0v) is 11.7. The number of ketones is 1. The normalized spacial score (nSPS) is 15.9. The summed E-state index contributed by atoms with van der Waals surface area (Å²) in [5, 5.41) is 3.32. The Morgan fingerprint density at radius 2 is 2.16 bits per heavy atom. The van der Waals surface area contributed by atoms with E-state index < -0.39 is 0 Å². The van der Waals surface area contributed by atoms with E-state index >= 15 is 0 Å². The van der Waals surface area contributed by atoms with Crippen LogP contribution in [-0.4, -0.2) is 29.5 Å². The smallest absolute Gasteiger partial charge is 0.178 e. The summed E-state index contributed by atoms with van der Waals surface area (Å²) in [6.07, 6.45) is 8.23. The second kappa shape index (κ2) is 6.66. The number of pyridine rings is 1. The third-order valence-corrected chi connectivity index (χ3v) is 3.31. The van der Waals surface area contributed by atoms with Gasteiger partial charge in [-0.2, -0.15) is 0 Å². The Kier molecular flexibility index (Phi) is 4.91. The third kappa shape index (κ3) is 4.31. The van der Waals surface area contributed by atoms with E-state index in [2.05, 4.69) is 10.3 Å². The van der Waals surface area contributed by atoms with Crippen molar-refractivity contribution in [1.29, 1.82) is 0 Å². The standard InChI is InChI=1S/C15H22N2O2/c1-11(2)19-14-7-12(8-16-9-14)15(18)10-17-13-5-3-4-6-13/h7-9,11,13,17H,3-6,10H2,1-2H3. The van der Waals surface area contributed by atoms with Crippen molar-refractivity contribution in [1.82, 2.24) is 10.3 Å². The van der Waals surface area contributed by atoms with Crippen LogP contribution >= 0.6 is 0 Å². The molecule has 0 atom stereocenters. The van der Waals surface area contributed by atoms with Crippen LogP contribution in [0.15, 0.2) is 18.5 Å². The number of rotatable bonds is 6. The maximum absolute atomic E-state index is 12.1. The van der Waals surface area contributed by atoms with Gasteiger partial charge in [-0.25, -0.2) is 0 Å². The minimum absolute atomic E-state index is 0.0774. The van der Waals surface area contributed by atoms with Gasteiger partial charge in [-0.05, 0) is 32.8 Å². The molecular weight excluding hydrogens is 240 g/mol. The van der Waals surface area contributed by atoms with Crippen LogP contribution in [0.1, 0.15) is 49.9 Å². The van der Waals surface area contributed by atoms with E-state index in [1.807, 2.05) is 13.8 Å². The Balaban J connectivity index is 1.90. The third-order valence-electron chi connectivity index (χ3n) is 3.31. The molecule has 1 aliphatic rings. The molecule has 1 aromatic rings. The Hall–Kier alpha value is -1.42. The number of carbonyl (C=O) groups excluding carboxylic acids is 1. The van der Waals surface area contributed by atoms with Gasteiger partial charge in [0, 0.05) is 17.8 Å². The van der Waals surface area contributed by atoms with Gasteiger partial charge in [-0.3, -0.25) is 9.78 Å². The highest BCUT2D eigenvalue weighted by atomic mass is 16.5. The molecule has 0 spiro atoms. The molecule has 0 radical (unpaired) electrons. The number of hydrogen-bond acceptors (Lipinski definition) is 4. The molecule has 2 rings (SSSR count). The lowest BCUT2D eigenvalue weighted by Gasteiger charge is -2.12. The molecule has 0 saturated heterocycles. The van der Waals surface area contributed by atoms with E-state index in [-0.39, 0.29) is 11.9 Å². The van der Waals surface area contributed by atoms with E-state index in [0.29, 0.717) is 23.9 Å². The number of nitrogens with zero attached hydrogens (tertiary/aromatic N) is 1. The number of nitrogens with one attached hydrogen (secondary N) is 1. The molecule has 1 heterocycles. The molecule has 0 aromatic carbocycles. The van der Waals surface area contributed by atoms with Gasteiger partial charge in [-0.1, -0.05) is 12.8 Å². The van der Waals surface area contributed by atoms with Crippen molar-refractivity contribution < 1.29 is 9.53 Å². The Labute approximate surface area is 114 Å². The van der Waals surface area contributed by atoms with Crippen LogP contribution in [0.4, 0.5) is 0 Å². The number of ether oxygens (including phenoxy) is 1. The fourth-order valence-electron chi connectivity index (χ4n) is 2.38. The summed E-state index contributed by atoms with van der Waals surface area (Å²) in [5.74, 6) is 0.732. The SMILES string of the molecule is CC(C)Oc1cncc(C(=O)CNC2CCCC2)c1. The highest BCUT2D eigenvalue weighted by molar-refractivity contribution is 5.97. The number of Topliss-reactive ketones (excluding diaryl/α,β-unsaturated/α-hetero) is 1. The molecular formula is C15H22N2O2. The van der Waals surface area contributed by atoms with Crippen LogP contribution < -0.4 is 10.1 Å². The minimum atomic E-state index is 0.0774. The van der Waals surface area contributed by atoms with Crippen molar-refractivity contribution in [2.75, 3.05) is 6.54 Å². The van der Waals surface area contributed by atoms with Gasteiger partial charge in [0.15, 0.2) is 5.78 Å². The molecule has 19 heavy (non-hydrogen) atoms. The summed E-state index contributed by atoms with van der Waals surface area (Å²) in [5.41, 5.74) is 0.614. The van der Waals surface area contributed by atoms with Crippen molar-refractivity contribution in [2.45, 2.75) is 51.7 Å². The maximum Gasteiger partial charge on any atom is 0.178 e. The molecule has 1 aliphatic carbocycles. The highest BCUT2D eigenvalue weighted by Crippen LogP contribution is 2.18. The van der Waals surface area contributed by atoms with Crippen LogP contribution in [0, 0.1) is 0 Å². The van der Waals surface area contributed by atoms with Crippen molar-refractivity contribution in [3.8, 4) is 5.75 Å². The van der Waals surface area contributed by atoms with Crippen molar-refractivity contribution in [2.24, 2.45) is 0 Å².